The van der Waals surface area contributed by atoms with Crippen LogP contribution in [0.2, 0.25) is 0 Å². The molecule has 0 spiro atoms. The van der Waals surface area contributed by atoms with Crippen LogP contribution in [0, 0.1) is 0 Å². The number of anilines is 1. The Bertz CT molecular complexity index is 1280. The molecule has 0 saturated heterocycles. The van der Waals surface area contributed by atoms with Crippen molar-refractivity contribution in [2.45, 2.75) is 26.8 Å². The van der Waals surface area contributed by atoms with Gasteiger partial charge in [0.25, 0.3) is 5.91 Å². The molecule has 2 aromatic heterocycles. The summed E-state index contributed by atoms with van der Waals surface area (Å²) >= 11 is 1.36. The van der Waals surface area contributed by atoms with Crippen LogP contribution in [0.5, 0.6) is 5.75 Å². The molecule has 0 atom stereocenters. The van der Waals surface area contributed by atoms with Crippen LogP contribution < -0.4 is 10.1 Å². The van der Waals surface area contributed by atoms with Gasteiger partial charge in [-0.25, -0.2) is 4.98 Å². The summed E-state index contributed by atoms with van der Waals surface area (Å²) in [6.45, 7) is 6.19. The molecule has 8 heteroatoms. The van der Waals surface area contributed by atoms with Crippen molar-refractivity contribution in [2.75, 3.05) is 18.5 Å². The zero-order chi connectivity index (χ0) is 24.8. The van der Waals surface area contributed by atoms with Crippen LogP contribution in [0.4, 0.5) is 5.95 Å². The van der Waals surface area contributed by atoms with E-state index in [0.29, 0.717) is 17.4 Å². The van der Waals surface area contributed by atoms with E-state index in [1.54, 1.807) is 11.0 Å². The fourth-order valence-corrected chi connectivity index (χ4v) is 4.33. The molecular formula is C27H28N4O3S. The predicted molar refractivity (Wildman–Crippen MR) is 139 cm³/mol. The van der Waals surface area contributed by atoms with Gasteiger partial charge in [0.15, 0.2) is 0 Å². The van der Waals surface area contributed by atoms with Gasteiger partial charge < -0.3 is 9.64 Å². The van der Waals surface area contributed by atoms with E-state index in [-0.39, 0.29) is 24.4 Å². The van der Waals surface area contributed by atoms with Crippen LogP contribution in [0.1, 0.15) is 30.4 Å². The van der Waals surface area contributed by atoms with E-state index in [0.717, 1.165) is 22.7 Å². The summed E-state index contributed by atoms with van der Waals surface area (Å²) in [7, 11) is 0. The van der Waals surface area contributed by atoms with Gasteiger partial charge in [0.05, 0.1) is 22.9 Å². The zero-order valence-electron chi connectivity index (χ0n) is 20.0. The van der Waals surface area contributed by atoms with E-state index in [1.165, 1.54) is 11.3 Å². The number of nitrogens with zero attached hydrogens (tertiary/aromatic N) is 3. The van der Waals surface area contributed by atoms with Crippen molar-refractivity contribution in [3.05, 3.63) is 83.2 Å². The minimum absolute atomic E-state index is 0.0824. The van der Waals surface area contributed by atoms with Gasteiger partial charge in [-0.15, -0.1) is 11.3 Å². The second kappa shape index (κ2) is 11.0. The number of hydrogen-bond acceptors (Lipinski definition) is 5. The van der Waals surface area contributed by atoms with Crippen molar-refractivity contribution in [2.24, 2.45) is 0 Å². The van der Waals surface area contributed by atoms with E-state index < -0.39 is 0 Å². The number of nitrogens with one attached hydrogen (secondary N) is 1. The van der Waals surface area contributed by atoms with Gasteiger partial charge >= 0.3 is 0 Å². The molecule has 0 fully saturated rings. The highest BCUT2D eigenvalue weighted by Gasteiger charge is 2.23. The third-order valence-corrected chi connectivity index (χ3v) is 6.22. The lowest BCUT2D eigenvalue weighted by atomic mass is 10.2. The van der Waals surface area contributed by atoms with Crippen LogP contribution in [0.25, 0.3) is 16.9 Å². The largest absolute Gasteiger partial charge is 0.494 e. The number of amides is 2. The van der Waals surface area contributed by atoms with E-state index in [2.05, 4.69) is 5.32 Å². The first kappa shape index (κ1) is 24.2. The predicted octanol–water partition coefficient (Wildman–Crippen LogP) is 5.49. The maximum atomic E-state index is 13.1. The van der Waals surface area contributed by atoms with Crippen molar-refractivity contribution in [3.63, 3.8) is 0 Å². The molecule has 0 radical (unpaired) electrons. The van der Waals surface area contributed by atoms with Crippen molar-refractivity contribution in [3.8, 4) is 22.7 Å². The Balaban J connectivity index is 1.63. The van der Waals surface area contributed by atoms with Gasteiger partial charge in [0.1, 0.15) is 12.3 Å². The SMILES string of the molecule is CCOc1cccc(-n2cc(-c3ccccc3)nc2NC(=O)CN(C(=O)c2cccs2)C(C)C)c1. The Hall–Kier alpha value is -3.91. The van der Waals surface area contributed by atoms with Crippen molar-refractivity contribution in [1.29, 1.82) is 0 Å². The van der Waals surface area contributed by atoms with E-state index in [9.17, 15) is 9.59 Å². The second-order valence-corrected chi connectivity index (χ2v) is 9.12. The molecule has 0 aliphatic rings. The molecular weight excluding hydrogens is 460 g/mol. The highest BCUT2D eigenvalue weighted by Crippen LogP contribution is 2.26. The minimum Gasteiger partial charge on any atom is -0.494 e. The molecule has 0 aliphatic carbocycles. The van der Waals surface area contributed by atoms with Crippen molar-refractivity contribution >= 4 is 29.1 Å². The normalized spacial score (nSPS) is 10.9. The first-order chi connectivity index (χ1) is 17.0. The third kappa shape index (κ3) is 5.78. The number of rotatable bonds is 9. The number of hydrogen-bond donors (Lipinski definition) is 1. The third-order valence-electron chi connectivity index (χ3n) is 5.36. The summed E-state index contributed by atoms with van der Waals surface area (Å²) in [5.74, 6) is 0.610. The molecule has 0 saturated carbocycles. The van der Waals surface area contributed by atoms with Crippen LogP contribution in [0.3, 0.4) is 0 Å². The summed E-state index contributed by atoms with van der Waals surface area (Å²) in [5.41, 5.74) is 2.45. The van der Waals surface area contributed by atoms with Crippen LogP contribution >= 0.6 is 11.3 Å². The fourth-order valence-electron chi connectivity index (χ4n) is 3.65. The number of imidazole rings is 1. The molecule has 2 heterocycles. The highest BCUT2D eigenvalue weighted by molar-refractivity contribution is 7.12. The number of ether oxygens (including phenoxy) is 1. The Kier molecular flexibility index (Phi) is 7.62. The summed E-state index contributed by atoms with van der Waals surface area (Å²) in [6.07, 6.45) is 1.88. The molecule has 180 valence electrons. The van der Waals surface area contributed by atoms with E-state index in [1.807, 2.05) is 97.6 Å². The molecule has 35 heavy (non-hydrogen) atoms. The first-order valence-electron chi connectivity index (χ1n) is 11.5. The molecule has 2 amide bonds. The molecule has 0 aliphatic heterocycles. The smallest absolute Gasteiger partial charge is 0.264 e. The lowest BCUT2D eigenvalue weighted by Gasteiger charge is -2.25. The minimum atomic E-state index is -0.323. The molecule has 4 aromatic rings. The molecule has 1 N–H and O–H groups in total. The summed E-state index contributed by atoms with van der Waals surface area (Å²) in [6, 6.07) is 20.8. The van der Waals surface area contributed by atoms with E-state index in [4.69, 9.17) is 9.72 Å². The Labute approximate surface area is 209 Å². The fraction of sp³-hybridized carbons (Fsp3) is 0.222. The lowest BCUT2D eigenvalue weighted by Crippen LogP contribution is -2.42. The number of carbonyl (C=O) groups is 2. The van der Waals surface area contributed by atoms with Gasteiger partial charge in [0, 0.05) is 23.9 Å². The Morgan fingerprint density at radius 1 is 1.09 bits per heavy atom. The van der Waals surface area contributed by atoms with Crippen molar-refractivity contribution in [1.82, 2.24) is 14.5 Å². The van der Waals surface area contributed by atoms with Crippen LogP contribution in [-0.4, -0.2) is 45.5 Å². The highest BCUT2D eigenvalue weighted by atomic mass is 32.1. The van der Waals surface area contributed by atoms with Gasteiger partial charge in [-0.3, -0.25) is 19.5 Å². The molecule has 2 aromatic carbocycles. The Morgan fingerprint density at radius 3 is 2.57 bits per heavy atom. The first-order valence-corrected chi connectivity index (χ1v) is 12.4. The van der Waals surface area contributed by atoms with Gasteiger partial charge in [-0.1, -0.05) is 42.5 Å². The summed E-state index contributed by atoms with van der Waals surface area (Å²) in [5, 5.41) is 4.77. The molecule has 7 nitrogen and oxygen atoms in total. The monoisotopic (exact) mass is 488 g/mol. The van der Waals surface area contributed by atoms with Crippen LogP contribution in [0.15, 0.2) is 78.3 Å². The van der Waals surface area contributed by atoms with Gasteiger partial charge in [-0.2, -0.15) is 0 Å². The number of aromatic nitrogens is 2. The second-order valence-electron chi connectivity index (χ2n) is 8.17. The van der Waals surface area contributed by atoms with Gasteiger partial charge in [-0.05, 0) is 44.4 Å². The maximum absolute atomic E-state index is 13.1. The number of carbonyl (C=O) groups excluding carboxylic acids is 2. The Morgan fingerprint density at radius 2 is 1.89 bits per heavy atom. The average Bonchev–Trinajstić information content (AvgIpc) is 3.54. The number of benzene rings is 2. The molecule has 4 rings (SSSR count). The zero-order valence-corrected chi connectivity index (χ0v) is 20.8. The maximum Gasteiger partial charge on any atom is 0.264 e. The summed E-state index contributed by atoms with van der Waals surface area (Å²) < 4.78 is 7.48. The summed E-state index contributed by atoms with van der Waals surface area (Å²) in [4.78, 5) is 32.9. The standard InChI is InChI=1S/C27H28N4O3S/c1-4-34-22-13-8-12-21(16-22)31-17-23(20-10-6-5-7-11-20)28-27(31)29-25(32)18-30(19(2)3)26(33)24-14-9-15-35-24/h5-17,19H,4,18H2,1-3H3,(H,28,29,32). The number of thiophene rings is 1. The van der Waals surface area contributed by atoms with Crippen molar-refractivity contribution < 1.29 is 14.3 Å². The topological polar surface area (TPSA) is 76.5 Å². The molecule has 0 unspecified atom stereocenters. The lowest BCUT2D eigenvalue weighted by molar-refractivity contribution is -0.117. The average molecular weight is 489 g/mol. The van der Waals surface area contributed by atoms with Crippen LogP contribution in [-0.2, 0) is 4.79 Å². The van der Waals surface area contributed by atoms with E-state index >= 15 is 0 Å². The molecule has 0 bridgehead atoms. The quantitative estimate of drug-likeness (QED) is 0.338. The van der Waals surface area contributed by atoms with Gasteiger partial charge in [0.2, 0.25) is 11.9 Å².